The van der Waals surface area contributed by atoms with Gasteiger partial charge in [-0.1, -0.05) is 55.1 Å². The monoisotopic (exact) mass is 360 g/mol. The molecular formula is C19H18Cl2N2O. The van der Waals surface area contributed by atoms with Gasteiger partial charge >= 0.3 is 0 Å². The molecule has 3 rings (SSSR count). The van der Waals surface area contributed by atoms with Crippen LogP contribution in [0, 0.1) is 0 Å². The highest BCUT2D eigenvalue weighted by Gasteiger charge is 2.14. The molecule has 124 valence electrons. The summed E-state index contributed by atoms with van der Waals surface area (Å²) in [5, 5.41) is 1.57. The first-order chi connectivity index (χ1) is 11.6. The van der Waals surface area contributed by atoms with Crippen molar-refractivity contribution in [2.45, 2.75) is 32.6 Å². The van der Waals surface area contributed by atoms with E-state index in [-0.39, 0.29) is 5.56 Å². The van der Waals surface area contributed by atoms with Crippen molar-refractivity contribution in [2.24, 2.45) is 0 Å². The number of fused-ring (bicyclic) bond motifs is 1. The molecule has 3 nitrogen and oxygen atoms in total. The summed E-state index contributed by atoms with van der Waals surface area (Å²) in [5.74, 6) is 0.733. The summed E-state index contributed by atoms with van der Waals surface area (Å²) in [4.78, 5) is 17.8. The molecule has 0 bridgehead atoms. The van der Waals surface area contributed by atoms with E-state index in [1.54, 1.807) is 28.8 Å². The number of aromatic nitrogens is 2. The van der Waals surface area contributed by atoms with Gasteiger partial charge in [0.2, 0.25) is 0 Å². The smallest absolute Gasteiger partial charge is 0.266 e. The minimum Gasteiger partial charge on any atom is -0.268 e. The van der Waals surface area contributed by atoms with E-state index in [9.17, 15) is 4.79 Å². The molecule has 0 unspecified atom stereocenters. The van der Waals surface area contributed by atoms with Crippen molar-refractivity contribution in [2.75, 3.05) is 0 Å². The Balaban J connectivity index is 2.24. The van der Waals surface area contributed by atoms with Crippen molar-refractivity contribution in [1.29, 1.82) is 0 Å². The van der Waals surface area contributed by atoms with Crippen LogP contribution in [0.4, 0.5) is 0 Å². The predicted octanol–water partition coefficient (Wildman–Crippen LogP) is 5.43. The van der Waals surface area contributed by atoms with E-state index in [2.05, 4.69) is 6.92 Å². The zero-order chi connectivity index (χ0) is 17.1. The van der Waals surface area contributed by atoms with Gasteiger partial charge in [0.15, 0.2) is 0 Å². The summed E-state index contributed by atoms with van der Waals surface area (Å²) >= 11 is 12.3. The number of benzene rings is 2. The van der Waals surface area contributed by atoms with Gasteiger partial charge in [-0.25, -0.2) is 4.98 Å². The molecule has 0 N–H and O–H groups in total. The van der Waals surface area contributed by atoms with Gasteiger partial charge in [0.1, 0.15) is 5.82 Å². The van der Waals surface area contributed by atoms with Crippen LogP contribution in [0.25, 0.3) is 16.6 Å². The van der Waals surface area contributed by atoms with Crippen LogP contribution in [0.1, 0.15) is 32.0 Å². The molecule has 0 spiro atoms. The molecule has 5 heteroatoms. The minimum atomic E-state index is -0.101. The van der Waals surface area contributed by atoms with E-state index in [1.165, 1.54) is 0 Å². The molecule has 0 radical (unpaired) electrons. The van der Waals surface area contributed by atoms with Crippen molar-refractivity contribution >= 4 is 34.1 Å². The Hall–Kier alpha value is -1.84. The van der Waals surface area contributed by atoms with E-state index in [0.29, 0.717) is 21.1 Å². The van der Waals surface area contributed by atoms with Crippen molar-refractivity contribution in [1.82, 2.24) is 9.55 Å². The highest BCUT2D eigenvalue weighted by Crippen LogP contribution is 2.25. The molecule has 24 heavy (non-hydrogen) atoms. The van der Waals surface area contributed by atoms with Crippen LogP contribution in [0.5, 0.6) is 0 Å². The molecule has 0 atom stereocenters. The number of halogens is 2. The largest absolute Gasteiger partial charge is 0.268 e. The van der Waals surface area contributed by atoms with Gasteiger partial charge in [-0.15, -0.1) is 0 Å². The van der Waals surface area contributed by atoms with E-state index >= 15 is 0 Å². The fraction of sp³-hybridized carbons (Fsp3) is 0.263. The lowest BCUT2D eigenvalue weighted by Gasteiger charge is -2.15. The lowest BCUT2D eigenvalue weighted by atomic mass is 10.1. The number of unbranched alkanes of at least 4 members (excludes halogenated alkanes) is 2. The Labute approximate surface area is 150 Å². The van der Waals surface area contributed by atoms with Gasteiger partial charge in [0.05, 0.1) is 21.6 Å². The highest BCUT2D eigenvalue weighted by molar-refractivity contribution is 6.35. The summed E-state index contributed by atoms with van der Waals surface area (Å²) in [6.45, 7) is 2.15. The van der Waals surface area contributed by atoms with Gasteiger partial charge in [0, 0.05) is 11.4 Å². The van der Waals surface area contributed by atoms with Crippen LogP contribution in [-0.2, 0) is 6.42 Å². The number of rotatable bonds is 5. The second-order valence-corrected chi connectivity index (χ2v) is 6.58. The summed E-state index contributed by atoms with van der Waals surface area (Å²) in [5.41, 5.74) is 1.24. The van der Waals surface area contributed by atoms with Crippen molar-refractivity contribution in [3.63, 3.8) is 0 Å². The lowest BCUT2D eigenvalue weighted by molar-refractivity contribution is 0.676. The van der Waals surface area contributed by atoms with Gasteiger partial charge in [-0.3, -0.25) is 9.36 Å². The number of aryl methyl sites for hydroxylation is 1. The van der Waals surface area contributed by atoms with Crippen LogP contribution < -0.4 is 5.56 Å². The first-order valence-corrected chi connectivity index (χ1v) is 8.83. The molecule has 0 aliphatic rings. The molecule has 0 aliphatic carbocycles. The quantitative estimate of drug-likeness (QED) is 0.569. The Morgan fingerprint density at radius 3 is 2.62 bits per heavy atom. The standard InChI is InChI=1S/C19H18Cl2N2O/c1-2-3-4-9-18-22-16-8-6-5-7-14(16)19(24)23(18)17-11-10-13(20)12-15(17)21/h5-8,10-12H,2-4,9H2,1H3. The van der Waals surface area contributed by atoms with Gasteiger partial charge < -0.3 is 0 Å². The summed E-state index contributed by atoms with van der Waals surface area (Å²) in [6.07, 6.45) is 3.91. The Kier molecular flexibility index (Phi) is 5.22. The third-order valence-electron chi connectivity index (χ3n) is 4.00. The first-order valence-electron chi connectivity index (χ1n) is 8.08. The second-order valence-electron chi connectivity index (χ2n) is 5.74. The maximum absolute atomic E-state index is 13.1. The minimum absolute atomic E-state index is 0.101. The summed E-state index contributed by atoms with van der Waals surface area (Å²) in [6, 6.07) is 12.6. The zero-order valence-corrected chi connectivity index (χ0v) is 14.9. The van der Waals surface area contributed by atoms with E-state index < -0.39 is 0 Å². The number of nitrogens with zero attached hydrogens (tertiary/aromatic N) is 2. The van der Waals surface area contributed by atoms with E-state index in [0.717, 1.165) is 37.0 Å². The third-order valence-corrected chi connectivity index (χ3v) is 4.54. The van der Waals surface area contributed by atoms with Gasteiger partial charge in [-0.2, -0.15) is 0 Å². The van der Waals surface area contributed by atoms with Crippen LogP contribution in [0.15, 0.2) is 47.3 Å². The third kappa shape index (κ3) is 3.33. The topological polar surface area (TPSA) is 34.9 Å². The van der Waals surface area contributed by atoms with Crippen LogP contribution in [0.3, 0.4) is 0 Å². The van der Waals surface area contributed by atoms with Gasteiger partial charge in [0.25, 0.3) is 5.56 Å². The molecule has 3 aromatic rings. The summed E-state index contributed by atoms with van der Waals surface area (Å²) in [7, 11) is 0. The molecule has 0 fully saturated rings. The van der Waals surface area contributed by atoms with E-state index in [1.807, 2.05) is 18.2 Å². The lowest BCUT2D eigenvalue weighted by Crippen LogP contribution is -2.24. The number of para-hydroxylation sites is 1. The second kappa shape index (κ2) is 7.37. The molecule has 1 aromatic heterocycles. The van der Waals surface area contributed by atoms with Gasteiger partial charge in [-0.05, 0) is 36.8 Å². The molecule has 0 saturated carbocycles. The Morgan fingerprint density at radius 1 is 1.08 bits per heavy atom. The molecule has 2 aromatic carbocycles. The first kappa shape index (κ1) is 17.0. The fourth-order valence-electron chi connectivity index (χ4n) is 2.79. The maximum Gasteiger partial charge on any atom is 0.266 e. The van der Waals surface area contributed by atoms with Crippen molar-refractivity contribution < 1.29 is 0 Å². The van der Waals surface area contributed by atoms with Crippen molar-refractivity contribution in [3.8, 4) is 5.69 Å². The molecule has 0 saturated heterocycles. The fourth-order valence-corrected chi connectivity index (χ4v) is 3.28. The normalized spacial score (nSPS) is 11.1. The van der Waals surface area contributed by atoms with Crippen LogP contribution in [-0.4, -0.2) is 9.55 Å². The predicted molar refractivity (Wildman–Crippen MR) is 101 cm³/mol. The number of hydrogen-bond acceptors (Lipinski definition) is 2. The summed E-state index contributed by atoms with van der Waals surface area (Å²) < 4.78 is 1.62. The molecule has 1 heterocycles. The Bertz CT molecular complexity index is 934. The molecular weight excluding hydrogens is 343 g/mol. The average Bonchev–Trinajstić information content (AvgIpc) is 2.57. The maximum atomic E-state index is 13.1. The molecule has 0 amide bonds. The Morgan fingerprint density at radius 2 is 1.88 bits per heavy atom. The van der Waals surface area contributed by atoms with Crippen LogP contribution in [0.2, 0.25) is 10.0 Å². The zero-order valence-electron chi connectivity index (χ0n) is 13.4. The van der Waals surface area contributed by atoms with Crippen molar-refractivity contribution in [3.05, 3.63) is 68.7 Å². The number of hydrogen-bond donors (Lipinski definition) is 0. The van der Waals surface area contributed by atoms with E-state index in [4.69, 9.17) is 28.2 Å². The molecule has 0 aliphatic heterocycles. The average molecular weight is 361 g/mol. The SMILES string of the molecule is CCCCCc1nc2ccccc2c(=O)n1-c1ccc(Cl)cc1Cl. The highest BCUT2D eigenvalue weighted by atomic mass is 35.5. The van der Waals surface area contributed by atoms with Crippen LogP contribution >= 0.6 is 23.2 Å².